The van der Waals surface area contributed by atoms with E-state index >= 15 is 0 Å². The van der Waals surface area contributed by atoms with E-state index in [4.69, 9.17) is 4.74 Å². The highest BCUT2D eigenvalue weighted by atomic mass is 19.4. The molecule has 2 aromatic rings. The second-order valence-electron chi connectivity index (χ2n) is 7.33. The summed E-state index contributed by atoms with van der Waals surface area (Å²) in [5.74, 6) is -0.119. The number of hydrogen-bond donors (Lipinski definition) is 1. The maximum Gasteiger partial charge on any atom is 0.416 e. The molecule has 1 atom stereocenters. The number of carbonyl (C=O) groups is 1. The Morgan fingerprint density at radius 2 is 1.90 bits per heavy atom. The van der Waals surface area contributed by atoms with Gasteiger partial charge in [0.1, 0.15) is 11.6 Å². The molecule has 4 nitrogen and oxygen atoms in total. The Labute approximate surface area is 172 Å². The number of amides is 1. The van der Waals surface area contributed by atoms with E-state index in [1.807, 2.05) is 24.3 Å². The highest BCUT2D eigenvalue weighted by Crippen LogP contribution is 2.32. The highest BCUT2D eigenvalue weighted by molar-refractivity contribution is 5.78. The minimum Gasteiger partial charge on any atom is -0.497 e. The van der Waals surface area contributed by atoms with Gasteiger partial charge < -0.3 is 15.0 Å². The van der Waals surface area contributed by atoms with E-state index < -0.39 is 17.6 Å². The second kappa shape index (κ2) is 9.47. The van der Waals surface area contributed by atoms with Crippen LogP contribution in [0.2, 0.25) is 0 Å². The summed E-state index contributed by atoms with van der Waals surface area (Å²) in [5.41, 5.74) is 0.0562. The SMILES string of the molecule is COc1ccc(CNCCC2CCC(=O)N2Cc2cc(C(F)(F)F)ccc2F)cc1. The average molecular weight is 424 g/mol. The summed E-state index contributed by atoms with van der Waals surface area (Å²) >= 11 is 0. The number of methoxy groups -OCH3 is 1. The lowest BCUT2D eigenvalue weighted by Gasteiger charge is -2.25. The molecule has 0 radical (unpaired) electrons. The molecule has 0 spiro atoms. The van der Waals surface area contributed by atoms with Crippen LogP contribution in [0.4, 0.5) is 17.6 Å². The minimum absolute atomic E-state index is 0.115. The number of halogens is 4. The Hall–Kier alpha value is -2.61. The number of nitrogens with zero attached hydrogens (tertiary/aromatic N) is 1. The zero-order chi connectivity index (χ0) is 21.7. The number of ether oxygens (including phenoxy) is 1. The van der Waals surface area contributed by atoms with Crippen LogP contribution in [-0.4, -0.2) is 30.5 Å². The number of alkyl halides is 3. The fourth-order valence-corrected chi connectivity index (χ4v) is 3.61. The first-order valence-corrected chi connectivity index (χ1v) is 9.76. The summed E-state index contributed by atoms with van der Waals surface area (Å²) < 4.78 is 58.0. The van der Waals surface area contributed by atoms with E-state index in [-0.39, 0.29) is 24.1 Å². The molecule has 1 heterocycles. The third kappa shape index (κ3) is 5.50. The van der Waals surface area contributed by atoms with Crippen molar-refractivity contribution < 1.29 is 27.1 Å². The fourth-order valence-electron chi connectivity index (χ4n) is 3.61. The van der Waals surface area contributed by atoms with Crippen molar-refractivity contribution in [2.75, 3.05) is 13.7 Å². The fraction of sp³-hybridized carbons (Fsp3) is 0.409. The second-order valence-corrected chi connectivity index (χ2v) is 7.33. The topological polar surface area (TPSA) is 41.6 Å². The standard InChI is InChI=1S/C22H24F4N2O2/c1-30-19-6-2-15(3-7-19)13-27-11-10-18-5-9-21(29)28(18)14-16-12-17(22(24,25)26)4-8-20(16)23/h2-4,6-8,12,18,27H,5,9-11,13-14H2,1H3. The van der Waals surface area contributed by atoms with Gasteiger partial charge in [-0.15, -0.1) is 0 Å². The van der Waals surface area contributed by atoms with Crippen molar-refractivity contribution in [2.24, 2.45) is 0 Å². The van der Waals surface area contributed by atoms with Gasteiger partial charge in [0.25, 0.3) is 0 Å². The predicted octanol–water partition coefficient (Wildman–Crippen LogP) is 4.52. The van der Waals surface area contributed by atoms with Gasteiger partial charge in [-0.25, -0.2) is 4.39 Å². The number of rotatable bonds is 8. The molecule has 3 rings (SSSR count). The van der Waals surface area contributed by atoms with Gasteiger partial charge in [-0.3, -0.25) is 4.79 Å². The van der Waals surface area contributed by atoms with Gasteiger partial charge in [0, 0.05) is 31.1 Å². The average Bonchev–Trinajstić information content (AvgIpc) is 3.06. The van der Waals surface area contributed by atoms with Gasteiger partial charge in [0.2, 0.25) is 5.91 Å². The van der Waals surface area contributed by atoms with E-state index in [9.17, 15) is 22.4 Å². The zero-order valence-electron chi connectivity index (χ0n) is 16.6. The van der Waals surface area contributed by atoms with Crippen molar-refractivity contribution in [3.63, 3.8) is 0 Å². The maximum absolute atomic E-state index is 14.1. The van der Waals surface area contributed by atoms with Crippen molar-refractivity contribution >= 4 is 5.91 Å². The third-order valence-corrected chi connectivity index (χ3v) is 5.31. The predicted molar refractivity (Wildman–Crippen MR) is 104 cm³/mol. The summed E-state index contributed by atoms with van der Waals surface area (Å²) in [6.07, 6.45) is -2.97. The van der Waals surface area contributed by atoms with Crippen molar-refractivity contribution in [3.8, 4) is 5.75 Å². The van der Waals surface area contributed by atoms with Crippen LogP contribution in [0.5, 0.6) is 5.75 Å². The van der Waals surface area contributed by atoms with Crippen LogP contribution in [0.15, 0.2) is 42.5 Å². The summed E-state index contributed by atoms with van der Waals surface area (Å²) in [6.45, 7) is 1.12. The van der Waals surface area contributed by atoms with Crippen molar-refractivity contribution in [2.45, 2.75) is 44.6 Å². The van der Waals surface area contributed by atoms with Crippen LogP contribution >= 0.6 is 0 Å². The maximum atomic E-state index is 14.1. The molecule has 1 aliphatic rings. The molecule has 8 heteroatoms. The van der Waals surface area contributed by atoms with Crippen molar-refractivity contribution in [3.05, 3.63) is 65.0 Å². The number of nitrogens with one attached hydrogen (secondary N) is 1. The summed E-state index contributed by atoms with van der Waals surface area (Å²) in [7, 11) is 1.60. The van der Waals surface area contributed by atoms with Gasteiger partial charge >= 0.3 is 6.18 Å². The van der Waals surface area contributed by atoms with Crippen LogP contribution in [0.25, 0.3) is 0 Å². The molecule has 30 heavy (non-hydrogen) atoms. The number of hydrogen-bond acceptors (Lipinski definition) is 3. The van der Waals surface area contributed by atoms with E-state index in [1.165, 1.54) is 4.90 Å². The molecule has 162 valence electrons. The Morgan fingerprint density at radius 1 is 1.17 bits per heavy atom. The number of likely N-dealkylation sites (tertiary alicyclic amines) is 1. The van der Waals surface area contributed by atoms with Crippen LogP contribution in [-0.2, 0) is 24.1 Å². The Bertz CT molecular complexity index is 868. The van der Waals surface area contributed by atoms with Crippen molar-refractivity contribution in [1.82, 2.24) is 10.2 Å². The number of benzene rings is 2. The molecule has 1 fully saturated rings. The molecule has 1 aliphatic heterocycles. The van der Waals surface area contributed by atoms with Crippen LogP contribution < -0.4 is 10.1 Å². The summed E-state index contributed by atoms with van der Waals surface area (Å²) in [6, 6.07) is 9.84. The molecule has 0 aromatic heterocycles. The minimum atomic E-state index is -4.55. The molecule has 1 N–H and O–H groups in total. The van der Waals surface area contributed by atoms with Crippen LogP contribution in [0, 0.1) is 5.82 Å². The van der Waals surface area contributed by atoms with E-state index in [1.54, 1.807) is 7.11 Å². The first-order valence-electron chi connectivity index (χ1n) is 9.76. The van der Waals surface area contributed by atoms with Gasteiger partial charge in [0.05, 0.1) is 12.7 Å². The lowest BCUT2D eigenvalue weighted by molar-refractivity contribution is -0.137. The largest absolute Gasteiger partial charge is 0.497 e. The molecular weight excluding hydrogens is 400 g/mol. The zero-order valence-corrected chi connectivity index (χ0v) is 16.6. The normalized spacial score (nSPS) is 16.9. The van der Waals surface area contributed by atoms with Crippen LogP contribution in [0.3, 0.4) is 0 Å². The summed E-state index contributed by atoms with van der Waals surface area (Å²) in [4.78, 5) is 13.7. The molecular formula is C22H24F4N2O2. The first-order chi connectivity index (χ1) is 14.3. The van der Waals surface area contributed by atoms with Crippen LogP contribution in [0.1, 0.15) is 36.0 Å². The molecule has 0 saturated carbocycles. The molecule has 1 amide bonds. The van der Waals surface area contributed by atoms with E-state index in [0.717, 1.165) is 23.4 Å². The molecule has 0 aliphatic carbocycles. The Morgan fingerprint density at radius 3 is 2.57 bits per heavy atom. The molecule has 0 bridgehead atoms. The highest BCUT2D eigenvalue weighted by Gasteiger charge is 2.34. The van der Waals surface area contributed by atoms with Crippen molar-refractivity contribution in [1.29, 1.82) is 0 Å². The summed E-state index contributed by atoms with van der Waals surface area (Å²) in [5, 5.41) is 3.30. The van der Waals surface area contributed by atoms with Gasteiger partial charge in [0.15, 0.2) is 0 Å². The smallest absolute Gasteiger partial charge is 0.416 e. The Kier molecular flexibility index (Phi) is 6.97. The van der Waals surface area contributed by atoms with E-state index in [0.29, 0.717) is 38.4 Å². The monoisotopic (exact) mass is 424 g/mol. The van der Waals surface area contributed by atoms with Gasteiger partial charge in [-0.2, -0.15) is 13.2 Å². The number of carbonyl (C=O) groups excluding carboxylic acids is 1. The lowest BCUT2D eigenvalue weighted by atomic mass is 10.1. The lowest BCUT2D eigenvalue weighted by Crippen LogP contribution is -2.35. The molecule has 1 unspecified atom stereocenters. The third-order valence-electron chi connectivity index (χ3n) is 5.31. The molecule has 2 aromatic carbocycles. The first kappa shape index (κ1) is 22.1. The Balaban J connectivity index is 1.56. The van der Waals surface area contributed by atoms with Gasteiger partial charge in [-0.05, 0) is 55.3 Å². The molecule has 1 saturated heterocycles. The van der Waals surface area contributed by atoms with E-state index in [2.05, 4.69) is 5.32 Å². The quantitative estimate of drug-likeness (QED) is 0.500. The van der Waals surface area contributed by atoms with Gasteiger partial charge in [-0.1, -0.05) is 12.1 Å².